The molecule has 0 bridgehead atoms. The quantitative estimate of drug-likeness (QED) is 0.619. The van der Waals surface area contributed by atoms with E-state index in [2.05, 4.69) is 26.0 Å². The van der Waals surface area contributed by atoms with E-state index in [1.54, 1.807) is 0 Å². The average Bonchev–Trinajstić information content (AvgIpc) is 2.73. The highest BCUT2D eigenvalue weighted by Crippen LogP contribution is 2.38. The second-order valence-corrected chi connectivity index (χ2v) is 6.08. The fourth-order valence-corrected chi connectivity index (χ4v) is 3.27. The van der Waals surface area contributed by atoms with Gasteiger partial charge in [-0.3, -0.25) is 0 Å². The molecule has 0 aromatic heterocycles. The van der Waals surface area contributed by atoms with Crippen molar-refractivity contribution in [2.75, 3.05) is 0 Å². The molecule has 2 nitrogen and oxygen atoms in total. The van der Waals surface area contributed by atoms with Crippen LogP contribution in [-0.2, 0) is 0 Å². The van der Waals surface area contributed by atoms with E-state index in [0.717, 1.165) is 51.4 Å². The van der Waals surface area contributed by atoms with Gasteiger partial charge in [-0.25, -0.2) is 0 Å². The van der Waals surface area contributed by atoms with Crippen LogP contribution in [0.2, 0.25) is 0 Å². The summed E-state index contributed by atoms with van der Waals surface area (Å²) < 4.78 is 0. The summed E-state index contributed by atoms with van der Waals surface area (Å²) in [6.45, 7) is 4.30. The Hall–Kier alpha value is -0.340. The van der Waals surface area contributed by atoms with Gasteiger partial charge in [-0.05, 0) is 56.8 Å². The lowest BCUT2D eigenvalue weighted by atomic mass is 9.86. The van der Waals surface area contributed by atoms with Crippen molar-refractivity contribution < 1.29 is 10.2 Å². The fourth-order valence-electron chi connectivity index (χ4n) is 3.27. The summed E-state index contributed by atoms with van der Waals surface area (Å²) >= 11 is 0. The van der Waals surface area contributed by atoms with Gasteiger partial charge in [-0.2, -0.15) is 0 Å². The molecular formula is C17H32O2. The minimum absolute atomic E-state index is 0.140. The Morgan fingerprint density at radius 3 is 2.58 bits per heavy atom. The highest BCUT2D eigenvalue weighted by molar-refractivity contribution is 4.91. The molecule has 1 aliphatic rings. The molecule has 0 aliphatic heterocycles. The first-order valence-electron chi connectivity index (χ1n) is 8.20. The van der Waals surface area contributed by atoms with Gasteiger partial charge in [0.2, 0.25) is 0 Å². The zero-order chi connectivity index (χ0) is 14.1. The Labute approximate surface area is 118 Å². The Bertz CT molecular complexity index is 250. The van der Waals surface area contributed by atoms with Gasteiger partial charge in [0, 0.05) is 0 Å². The Morgan fingerprint density at radius 2 is 1.89 bits per heavy atom. The van der Waals surface area contributed by atoms with Crippen molar-refractivity contribution in [2.45, 2.75) is 83.8 Å². The van der Waals surface area contributed by atoms with E-state index in [4.69, 9.17) is 0 Å². The Morgan fingerprint density at radius 1 is 1.11 bits per heavy atom. The molecule has 1 aliphatic carbocycles. The van der Waals surface area contributed by atoms with Crippen LogP contribution in [-0.4, -0.2) is 22.4 Å². The highest BCUT2D eigenvalue weighted by atomic mass is 16.3. The molecule has 0 aromatic rings. The molecule has 0 spiro atoms. The smallest absolute Gasteiger partial charge is 0.0571 e. The van der Waals surface area contributed by atoms with Crippen LogP contribution in [0.25, 0.3) is 0 Å². The van der Waals surface area contributed by atoms with E-state index in [0.29, 0.717) is 11.8 Å². The van der Waals surface area contributed by atoms with Crippen LogP contribution in [0.15, 0.2) is 12.2 Å². The standard InChI is InChI=1S/C17H32O2/c1-3-5-6-7-9-14-10-13-17(19)16(14)12-11-15(18)8-4-2/h6-7,14-19H,3-5,8-13H2,1-2H3. The lowest BCUT2D eigenvalue weighted by molar-refractivity contribution is 0.0886. The van der Waals surface area contributed by atoms with Gasteiger partial charge in [0.25, 0.3) is 0 Å². The van der Waals surface area contributed by atoms with Gasteiger partial charge in [0.1, 0.15) is 0 Å². The van der Waals surface area contributed by atoms with Crippen molar-refractivity contribution in [2.24, 2.45) is 11.8 Å². The number of allylic oxidation sites excluding steroid dienone is 2. The van der Waals surface area contributed by atoms with E-state index < -0.39 is 0 Å². The second-order valence-electron chi connectivity index (χ2n) is 6.08. The molecule has 0 saturated heterocycles. The molecule has 0 heterocycles. The molecule has 0 radical (unpaired) electrons. The monoisotopic (exact) mass is 268 g/mol. The third-order valence-electron chi connectivity index (χ3n) is 4.45. The Balaban J connectivity index is 2.34. The first kappa shape index (κ1) is 16.7. The minimum atomic E-state index is -0.172. The van der Waals surface area contributed by atoms with Gasteiger partial charge in [-0.15, -0.1) is 0 Å². The van der Waals surface area contributed by atoms with Crippen LogP contribution in [0, 0.1) is 11.8 Å². The maximum Gasteiger partial charge on any atom is 0.0571 e. The summed E-state index contributed by atoms with van der Waals surface area (Å²) in [6.07, 6.45) is 13.6. The SMILES string of the molecule is CCCC=CCC1CCC(O)C1CCC(O)CCC. The zero-order valence-corrected chi connectivity index (χ0v) is 12.7. The van der Waals surface area contributed by atoms with Crippen molar-refractivity contribution in [3.63, 3.8) is 0 Å². The molecule has 4 unspecified atom stereocenters. The molecule has 1 saturated carbocycles. The average molecular weight is 268 g/mol. The number of unbranched alkanes of at least 4 members (excludes halogenated alkanes) is 1. The topological polar surface area (TPSA) is 40.5 Å². The number of aliphatic hydroxyl groups excluding tert-OH is 2. The predicted molar refractivity (Wildman–Crippen MR) is 81.0 cm³/mol. The molecule has 0 amide bonds. The van der Waals surface area contributed by atoms with Crippen LogP contribution in [0.5, 0.6) is 0 Å². The molecule has 1 fully saturated rings. The van der Waals surface area contributed by atoms with Crippen molar-refractivity contribution in [1.82, 2.24) is 0 Å². The van der Waals surface area contributed by atoms with Crippen molar-refractivity contribution >= 4 is 0 Å². The fraction of sp³-hybridized carbons (Fsp3) is 0.882. The van der Waals surface area contributed by atoms with Gasteiger partial charge in [0.15, 0.2) is 0 Å². The van der Waals surface area contributed by atoms with E-state index in [9.17, 15) is 10.2 Å². The van der Waals surface area contributed by atoms with Crippen LogP contribution >= 0.6 is 0 Å². The first-order chi connectivity index (χ1) is 9.19. The third-order valence-corrected chi connectivity index (χ3v) is 4.45. The molecule has 4 atom stereocenters. The van der Waals surface area contributed by atoms with E-state index in [1.165, 1.54) is 6.42 Å². The van der Waals surface area contributed by atoms with Gasteiger partial charge >= 0.3 is 0 Å². The summed E-state index contributed by atoms with van der Waals surface area (Å²) in [5, 5.41) is 19.9. The summed E-state index contributed by atoms with van der Waals surface area (Å²) in [5.41, 5.74) is 0. The largest absolute Gasteiger partial charge is 0.393 e. The lowest BCUT2D eigenvalue weighted by Crippen LogP contribution is -2.21. The summed E-state index contributed by atoms with van der Waals surface area (Å²) in [6, 6.07) is 0. The predicted octanol–water partition coefficient (Wildman–Crippen LogP) is 4.06. The minimum Gasteiger partial charge on any atom is -0.393 e. The van der Waals surface area contributed by atoms with Crippen LogP contribution in [0.3, 0.4) is 0 Å². The zero-order valence-electron chi connectivity index (χ0n) is 12.7. The summed E-state index contributed by atoms with van der Waals surface area (Å²) in [7, 11) is 0. The maximum atomic E-state index is 10.1. The molecule has 2 heteroatoms. The van der Waals surface area contributed by atoms with E-state index in [-0.39, 0.29) is 12.2 Å². The van der Waals surface area contributed by atoms with Crippen LogP contribution < -0.4 is 0 Å². The third kappa shape index (κ3) is 6.09. The van der Waals surface area contributed by atoms with Crippen molar-refractivity contribution in [3.05, 3.63) is 12.2 Å². The van der Waals surface area contributed by atoms with Crippen molar-refractivity contribution in [1.29, 1.82) is 0 Å². The van der Waals surface area contributed by atoms with Gasteiger partial charge < -0.3 is 10.2 Å². The van der Waals surface area contributed by atoms with Crippen LogP contribution in [0.4, 0.5) is 0 Å². The van der Waals surface area contributed by atoms with E-state index in [1.807, 2.05) is 0 Å². The number of aliphatic hydroxyl groups is 2. The molecule has 112 valence electrons. The number of hydrogen-bond acceptors (Lipinski definition) is 2. The maximum absolute atomic E-state index is 10.1. The molecular weight excluding hydrogens is 236 g/mol. The molecule has 0 aromatic carbocycles. The van der Waals surface area contributed by atoms with Crippen molar-refractivity contribution in [3.8, 4) is 0 Å². The number of hydrogen-bond donors (Lipinski definition) is 2. The number of rotatable bonds is 9. The molecule has 19 heavy (non-hydrogen) atoms. The lowest BCUT2D eigenvalue weighted by Gasteiger charge is -2.22. The molecule has 1 rings (SSSR count). The summed E-state index contributed by atoms with van der Waals surface area (Å²) in [4.78, 5) is 0. The highest BCUT2D eigenvalue weighted by Gasteiger charge is 2.33. The van der Waals surface area contributed by atoms with Gasteiger partial charge in [0.05, 0.1) is 12.2 Å². The van der Waals surface area contributed by atoms with Crippen LogP contribution in [0.1, 0.15) is 71.6 Å². The van der Waals surface area contributed by atoms with E-state index >= 15 is 0 Å². The normalized spacial score (nSPS) is 29.2. The van der Waals surface area contributed by atoms with Gasteiger partial charge in [-0.1, -0.05) is 38.8 Å². The first-order valence-corrected chi connectivity index (χ1v) is 8.20. The Kier molecular flexibility index (Phi) is 8.40. The second kappa shape index (κ2) is 9.55. The summed E-state index contributed by atoms with van der Waals surface area (Å²) in [5.74, 6) is 1.02. The molecule has 2 N–H and O–H groups in total.